The van der Waals surface area contributed by atoms with Crippen molar-refractivity contribution in [1.82, 2.24) is 15.5 Å². The summed E-state index contributed by atoms with van der Waals surface area (Å²) < 4.78 is 5.45. The van der Waals surface area contributed by atoms with Crippen molar-refractivity contribution in [2.24, 2.45) is 0 Å². The molecule has 0 unspecified atom stereocenters. The number of nitrogens with zero attached hydrogens (tertiary/aromatic N) is 2. The van der Waals surface area contributed by atoms with Gasteiger partial charge >= 0.3 is 0 Å². The number of thiophene rings is 1. The molecule has 0 spiro atoms. The van der Waals surface area contributed by atoms with Gasteiger partial charge in [-0.2, -0.15) is 4.98 Å². The topological polar surface area (TPSA) is 51.0 Å². The average Bonchev–Trinajstić information content (AvgIpc) is 3.11. The van der Waals surface area contributed by atoms with E-state index in [1.807, 2.05) is 17.5 Å². The van der Waals surface area contributed by atoms with Crippen molar-refractivity contribution in [3.05, 3.63) is 23.4 Å². The molecule has 2 heterocycles. The first-order chi connectivity index (χ1) is 9.36. The zero-order chi connectivity index (χ0) is 13.1. The van der Waals surface area contributed by atoms with Crippen molar-refractivity contribution < 1.29 is 4.52 Å². The fourth-order valence-corrected chi connectivity index (χ4v) is 3.39. The average molecular weight is 277 g/mol. The van der Waals surface area contributed by atoms with Crippen LogP contribution in [0.15, 0.2) is 22.0 Å². The summed E-state index contributed by atoms with van der Waals surface area (Å²) in [5.74, 6) is 1.99. The number of nitrogens with one attached hydrogen (secondary N) is 1. The SMILES string of the molecule is CCNC1CCC(c2nc(-c3cccs3)no2)CC1. The van der Waals surface area contributed by atoms with E-state index < -0.39 is 0 Å². The van der Waals surface area contributed by atoms with Crippen LogP contribution >= 0.6 is 11.3 Å². The minimum atomic E-state index is 0.441. The molecule has 0 saturated heterocycles. The largest absolute Gasteiger partial charge is 0.339 e. The Kier molecular flexibility index (Phi) is 3.94. The molecule has 19 heavy (non-hydrogen) atoms. The summed E-state index contributed by atoms with van der Waals surface area (Å²) >= 11 is 1.65. The Labute approximate surface area is 117 Å². The Balaban J connectivity index is 1.64. The van der Waals surface area contributed by atoms with Gasteiger partial charge in [-0.15, -0.1) is 11.3 Å². The normalized spacial score (nSPS) is 23.6. The van der Waals surface area contributed by atoms with Crippen LogP contribution < -0.4 is 5.32 Å². The van der Waals surface area contributed by atoms with Crippen molar-refractivity contribution in [1.29, 1.82) is 0 Å². The van der Waals surface area contributed by atoms with E-state index in [-0.39, 0.29) is 0 Å². The Morgan fingerprint density at radius 3 is 2.89 bits per heavy atom. The van der Waals surface area contributed by atoms with Gasteiger partial charge in [-0.05, 0) is 43.7 Å². The highest BCUT2D eigenvalue weighted by atomic mass is 32.1. The number of hydrogen-bond acceptors (Lipinski definition) is 5. The molecule has 102 valence electrons. The van der Waals surface area contributed by atoms with Crippen LogP contribution in [0.1, 0.15) is 44.4 Å². The smallest absolute Gasteiger partial charge is 0.230 e. The summed E-state index contributed by atoms with van der Waals surface area (Å²) in [6, 6.07) is 4.71. The molecule has 4 nitrogen and oxygen atoms in total. The Hall–Kier alpha value is -1.20. The third kappa shape index (κ3) is 2.87. The van der Waals surface area contributed by atoms with Gasteiger partial charge in [0, 0.05) is 12.0 Å². The predicted molar refractivity (Wildman–Crippen MR) is 76.3 cm³/mol. The van der Waals surface area contributed by atoms with Crippen molar-refractivity contribution in [2.45, 2.75) is 44.6 Å². The van der Waals surface area contributed by atoms with Gasteiger partial charge in [0.2, 0.25) is 11.7 Å². The summed E-state index contributed by atoms with van der Waals surface area (Å²) in [5.41, 5.74) is 0. The van der Waals surface area contributed by atoms with E-state index in [0.29, 0.717) is 12.0 Å². The molecule has 0 atom stereocenters. The van der Waals surface area contributed by atoms with Crippen molar-refractivity contribution >= 4 is 11.3 Å². The molecule has 0 amide bonds. The second-order valence-corrected chi connectivity index (χ2v) is 5.99. The lowest BCUT2D eigenvalue weighted by Gasteiger charge is -2.26. The summed E-state index contributed by atoms with van der Waals surface area (Å²) in [7, 11) is 0. The number of aromatic nitrogens is 2. The van der Waals surface area contributed by atoms with Crippen LogP contribution in [0.3, 0.4) is 0 Å². The van der Waals surface area contributed by atoms with Crippen LogP contribution in [0.25, 0.3) is 10.7 Å². The van der Waals surface area contributed by atoms with E-state index >= 15 is 0 Å². The summed E-state index contributed by atoms with van der Waals surface area (Å²) in [6.07, 6.45) is 4.69. The van der Waals surface area contributed by atoms with E-state index in [4.69, 9.17) is 4.52 Å². The molecule has 1 N–H and O–H groups in total. The first kappa shape index (κ1) is 12.8. The maximum absolute atomic E-state index is 5.45. The first-order valence-electron chi connectivity index (χ1n) is 6.97. The first-order valence-corrected chi connectivity index (χ1v) is 7.85. The maximum Gasteiger partial charge on any atom is 0.230 e. The number of rotatable bonds is 4. The molecule has 1 aliphatic rings. The van der Waals surface area contributed by atoms with Gasteiger partial charge in [0.1, 0.15) is 0 Å². The maximum atomic E-state index is 5.45. The minimum absolute atomic E-state index is 0.441. The van der Waals surface area contributed by atoms with Gasteiger partial charge in [0.25, 0.3) is 0 Å². The molecule has 3 rings (SSSR count). The highest BCUT2D eigenvalue weighted by molar-refractivity contribution is 7.13. The lowest BCUT2D eigenvalue weighted by molar-refractivity contribution is 0.285. The quantitative estimate of drug-likeness (QED) is 0.930. The molecule has 0 aliphatic heterocycles. The van der Waals surface area contributed by atoms with E-state index in [1.54, 1.807) is 11.3 Å². The fourth-order valence-electron chi connectivity index (χ4n) is 2.74. The highest BCUT2D eigenvalue weighted by Crippen LogP contribution is 2.33. The zero-order valence-electron chi connectivity index (χ0n) is 11.1. The fraction of sp³-hybridized carbons (Fsp3) is 0.571. The van der Waals surface area contributed by atoms with E-state index in [2.05, 4.69) is 22.4 Å². The second-order valence-electron chi connectivity index (χ2n) is 5.04. The van der Waals surface area contributed by atoms with Crippen molar-refractivity contribution in [3.63, 3.8) is 0 Å². The third-order valence-electron chi connectivity index (χ3n) is 3.75. The van der Waals surface area contributed by atoms with E-state index in [0.717, 1.165) is 36.0 Å². The summed E-state index contributed by atoms with van der Waals surface area (Å²) in [4.78, 5) is 5.64. The van der Waals surface area contributed by atoms with Gasteiger partial charge in [-0.25, -0.2) is 0 Å². The lowest BCUT2D eigenvalue weighted by atomic mass is 9.86. The Bertz CT molecular complexity index is 501. The molecule has 0 radical (unpaired) electrons. The van der Waals surface area contributed by atoms with Gasteiger partial charge in [0.05, 0.1) is 4.88 Å². The van der Waals surface area contributed by atoms with Crippen LogP contribution in [-0.2, 0) is 0 Å². The Morgan fingerprint density at radius 1 is 1.37 bits per heavy atom. The van der Waals surface area contributed by atoms with Crippen LogP contribution in [0.4, 0.5) is 0 Å². The Morgan fingerprint density at radius 2 is 2.21 bits per heavy atom. The monoisotopic (exact) mass is 277 g/mol. The number of hydrogen-bond donors (Lipinski definition) is 1. The molecule has 1 saturated carbocycles. The second kappa shape index (κ2) is 5.84. The molecule has 1 fully saturated rings. The molecular weight excluding hydrogens is 258 g/mol. The molecule has 0 bridgehead atoms. The minimum Gasteiger partial charge on any atom is -0.339 e. The molecule has 0 aromatic carbocycles. The van der Waals surface area contributed by atoms with Gasteiger partial charge in [-0.3, -0.25) is 0 Å². The molecule has 5 heteroatoms. The zero-order valence-corrected chi connectivity index (χ0v) is 11.9. The molecular formula is C14H19N3OS. The lowest BCUT2D eigenvalue weighted by Crippen LogP contribution is -2.32. The third-order valence-corrected chi connectivity index (χ3v) is 4.62. The highest BCUT2D eigenvalue weighted by Gasteiger charge is 2.26. The molecule has 1 aliphatic carbocycles. The van der Waals surface area contributed by atoms with Gasteiger partial charge < -0.3 is 9.84 Å². The van der Waals surface area contributed by atoms with E-state index in [9.17, 15) is 0 Å². The van der Waals surface area contributed by atoms with Crippen molar-refractivity contribution in [2.75, 3.05) is 6.54 Å². The molecule has 2 aromatic rings. The van der Waals surface area contributed by atoms with Crippen LogP contribution in [0.5, 0.6) is 0 Å². The summed E-state index contributed by atoms with van der Waals surface area (Å²) in [5, 5.41) is 9.65. The van der Waals surface area contributed by atoms with E-state index in [1.165, 1.54) is 12.8 Å². The van der Waals surface area contributed by atoms with Crippen LogP contribution in [0.2, 0.25) is 0 Å². The van der Waals surface area contributed by atoms with Crippen LogP contribution in [-0.4, -0.2) is 22.7 Å². The van der Waals surface area contributed by atoms with Crippen molar-refractivity contribution in [3.8, 4) is 10.7 Å². The molecule has 2 aromatic heterocycles. The van der Waals surface area contributed by atoms with Gasteiger partial charge in [0.15, 0.2) is 0 Å². The van der Waals surface area contributed by atoms with Crippen LogP contribution in [0, 0.1) is 0 Å². The standard InChI is InChI=1S/C14H19N3OS/c1-2-15-11-7-5-10(6-8-11)14-16-13(17-18-14)12-4-3-9-19-12/h3-4,9-11,15H,2,5-8H2,1H3. The summed E-state index contributed by atoms with van der Waals surface area (Å²) in [6.45, 7) is 3.22. The predicted octanol–water partition coefficient (Wildman–Crippen LogP) is 3.43. The van der Waals surface area contributed by atoms with Gasteiger partial charge in [-0.1, -0.05) is 18.1 Å².